The second kappa shape index (κ2) is 7.22. The van der Waals surface area contributed by atoms with E-state index in [1.54, 1.807) is 0 Å². The van der Waals surface area contributed by atoms with Gasteiger partial charge in [0.05, 0.1) is 13.7 Å². The van der Waals surface area contributed by atoms with Gasteiger partial charge in [0.2, 0.25) is 10.0 Å². The fourth-order valence-electron chi connectivity index (χ4n) is 1.26. The predicted molar refractivity (Wildman–Crippen MR) is 69.7 cm³/mol. The van der Waals surface area contributed by atoms with Gasteiger partial charge in [0.1, 0.15) is 6.73 Å². The zero-order valence-electron chi connectivity index (χ0n) is 10.9. The van der Waals surface area contributed by atoms with E-state index in [9.17, 15) is 13.2 Å². The van der Waals surface area contributed by atoms with Crippen molar-refractivity contribution in [1.82, 2.24) is 4.31 Å². The van der Waals surface area contributed by atoms with Gasteiger partial charge in [0.25, 0.3) is 0 Å². The van der Waals surface area contributed by atoms with Gasteiger partial charge in [-0.05, 0) is 5.56 Å². The fraction of sp³-hybridized carbons (Fsp3) is 0.417. The first-order chi connectivity index (χ1) is 8.95. The first-order valence-corrected chi connectivity index (χ1v) is 7.19. The third-order valence-corrected chi connectivity index (χ3v) is 4.04. The van der Waals surface area contributed by atoms with Crippen LogP contribution < -0.4 is 0 Å². The molecule has 7 heteroatoms. The minimum absolute atomic E-state index is 0.117. The number of esters is 1. The number of ether oxygens (including phenoxy) is 2. The lowest BCUT2D eigenvalue weighted by Crippen LogP contribution is -2.34. The van der Waals surface area contributed by atoms with E-state index in [4.69, 9.17) is 4.74 Å². The lowest BCUT2D eigenvalue weighted by atomic mass is 10.2. The highest BCUT2D eigenvalue weighted by molar-refractivity contribution is 7.89. The molecular formula is C12H17NO5S. The normalized spacial score (nSPS) is 11.5. The first-order valence-electron chi connectivity index (χ1n) is 5.58. The van der Waals surface area contributed by atoms with E-state index in [-0.39, 0.29) is 6.73 Å². The molecule has 0 spiro atoms. The summed E-state index contributed by atoms with van der Waals surface area (Å²) in [6.07, 6.45) is 0. The molecule has 0 bridgehead atoms. The number of benzene rings is 1. The van der Waals surface area contributed by atoms with Gasteiger partial charge in [0, 0.05) is 7.05 Å². The van der Waals surface area contributed by atoms with E-state index >= 15 is 0 Å². The van der Waals surface area contributed by atoms with E-state index in [1.807, 2.05) is 30.3 Å². The number of methoxy groups -OCH3 is 1. The quantitative estimate of drug-likeness (QED) is 0.542. The molecular weight excluding hydrogens is 270 g/mol. The Hall–Kier alpha value is -1.44. The lowest BCUT2D eigenvalue weighted by molar-refractivity contribution is -0.137. The standard InChI is InChI=1S/C12H17NO5S/c1-13(19(15,16)9-12(14)17-2)10-18-8-11-6-4-3-5-7-11/h3-7H,8-10H2,1-2H3. The molecule has 19 heavy (non-hydrogen) atoms. The summed E-state index contributed by atoms with van der Waals surface area (Å²) in [4.78, 5) is 11.0. The van der Waals surface area contributed by atoms with Crippen molar-refractivity contribution in [3.63, 3.8) is 0 Å². The van der Waals surface area contributed by atoms with Gasteiger partial charge in [-0.2, -0.15) is 4.31 Å². The Labute approximate surface area is 113 Å². The van der Waals surface area contributed by atoms with E-state index in [0.29, 0.717) is 6.61 Å². The molecule has 0 aromatic heterocycles. The van der Waals surface area contributed by atoms with Crippen molar-refractivity contribution in [2.24, 2.45) is 0 Å². The van der Waals surface area contributed by atoms with E-state index < -0.39 is 21.7 Å². The fourth-order valence-corrected chi connectivity index (χ4v) is 2.14. The summed E-state index contributed by atoms with van der Waals surface area (Å²) in [6.45, 7) is 0.188. The number of carbonyl (C=O) groups is 1. The van der Waals surface area contributed by atoms with Crippen LogP contribution in [0.5, 0.6) is 0 Å². The highest BCUT2D eigenvalue weighted by Gasteiger charge is 2.22. The third-order valence-electron chi connectivity index (χ3n) is 2.39. The molecule has 0 aliphatic rings. The molecule has 1 aromatic carbocycles. The van der Waals surface area contributed by atoms with Crippen molar-refractivity contribution in [2.45, 2.75) is 6.61 Å². The van der Waals surface area contributed by atoms with E-state index in [0.717, 1.165) is 17.0 Å². The molecule has 0 radical (unpaired) electrons. The van der Waals surface area contributed by atoms with Gasteiger partial charge in [0.15, 0.2) is 5.75 Å². The van der Waals surface area contributed by atoms with E-state index in [2.05, 4.69) is 4.74 Å². The minimum atomic E-state index is -3.69. The molecule has 6 nitrogen and oxygen atoms in total. The second-order valence-corrected chi connectivity index (χ2v) is 5.97. The van der Waals surface area contributed by atoms with Crippen LogP contribution in [0.3, 0.4) is 0 Å². The van der Waals surface area contributed by atoms with Crippen LogP contribution in [0.25, 0.3) is 0 Å². The van der Waals surface area contributed by atoms with E-state index in [1.165, 1.54) is 7.05 Å². The maximum Gasteiger partial charge on any atom is 0.322 e. The Morgan fingerprint density at radius 2 is 1.89 bits per heavy atom. The van der Waals surface area contributed by atoms with Gasteiger partial charge in [-0.15, -0.1) is 0 Å². The molecule has 0 saturated carbocycles. The average Bonchev–Trinajstić information content (AvgIpc) is 2.39. The molecule has 106 valence electrons. The molecule has 0 N–H and O–H groups in total. The summed E-state index contributed by atoms with van der Waals surface area (Å²) in [5.41, 5.74) is 0.946. The Kier molecular flexibility index (Phi) is 5.94. The Morgan fingerprint density at radius 3 is 2.47 bits per heavy atom. The zero-order chi connectivity index (χ0) is 14.3. The Bertz CT molecular complexity index is 500. The zero-order valence-corrected chi connectivity index (χ0v) is 11.7. The number of hydrogen-bond donors (Lipinski definition) is 0. The van der Waals surface area contributed by atoms with Gasteiger partial charge < -0.3 is 9.47 Å². The molecule has 0 aliphatic heterocycles. The van der Waals surface area contributed by atoms with Crippen LogP contribution in [-0.4, -0.2) is 45.3 Å². The van der Waals surface area contributed by atoms with Gasteiger partial charge >= 0.3 is 5.97 Å². The summed E-state index contributed by atoms with van der Waals surface area (Å²) in [6, 6.07) is 9.38. The summed E-state index contributed by atoms with van der Waals surface area (Å²) in [5, 5.41) is 0. The topological polar surface area (TPSA) is 72.9 Å². The summed E-state index contributed by atoms with van der Waals surface area (Å²) < 4.78 is 34.0. The maximum atomic E-state index is 11.7. The summed E-state index contributed by atoms with van der Waals surface area (Å²) >= 11 is 0. The molecule has 1 aromatic rings. The molecule has 0 heterocycles. The molecule has 0 aliphatic carbocycles. The second-order valence-electron chi connectivity index (χ2n) is 3.89. The number of rotatable bonds is 7. The Morgan fingerprint density at radius 1 is 1.26 bits per heavy atom. The molecule has 0 amide bonds. The number of carbonyl (C=O) groups excluding carboxylic acids is 1. The van der Waals surface area contributed by atoms with Crippen LogP contribution >= 0.6 is 0 Å². The number of sulfonamides is 1. The van der Waals surface area contributed by atoms with Crippen molar-refractivity contribution in [3.05, 3.63) is 35.9 Å². The van der Waals surface area contributed by atoms with Crippen LogP contribution in [0.15, 0.2) is 30.3 Å². The van der Waals surface area contributed by atoms with Crippen molar-refractivity contribution >= 4 is 16.0 Å². The monoisotopic (exact) mass is 287 g/mol. The van der Waals surface area contributed by atoms with Crippen LogP contribution in [0, 0.1) is 0 Å². The van der Waals surface area contributed by atoms with Crippen LogP contribution in [0.4, 0.5) is 0 Å². The van der Waals surface area contributed by atoms with Gasteiger partial charge in [-0.1, -0.05) is 30.3 Å². The van der Waals surface area contributed by atoms with Crippen LogP contribution in [0.2, 0.25) is 0 Å². The summed E-state index contributed by atoms with van der Waals surface area (Å²) in [7, 11) is -1.20. The highest BCUT2D eigenvalue weighted by Crippen LogP contribution is 2.03. The van der Waals surface area contributed by atoms with Crippen molar-refractivity contribution in [3.8, 4) is 0 Å². The molecule has 1 rings (SSSR count). The largest absolute Gasteiger partial charge is 0.468 e. The third kappa shape index (κ3) is 5.37. The summed E-state index contributed by atoms with van der Waals surface area (Å²) in [5.74, 6) is -1.48. The van der Waals surface area contributed by atoms with Crippen LogP contribution in [-0.2, 0) is 30.9 Å². The van der Waals surface area contributed by atoms with Gasteiger partial charge in [-0.25, -0.2) is 8.42 Å². The molecule has 0 atom stereocenters. The predicted octanol–water partition coefficient (Wildman–Crippen LogP) is 0.595. The maximum absolute atomic E-state index is 11.7. The minimum Gasteiger partial charge on any atom is -0.468 e. The molecule has 0 fully saturated rings. The smallest absolute Gasteiger partial charge is 0.322 e. The number of hydrogen-bond acceptors (Lipinski definition) is 5. The van der Waals surface area contributed by atoms with Crippen molar-refractivity contribution in [2.75, 3.05) is 26.6 Å². The Balaban J connectivity index is 2.42. The average molecular weight is 287 g/mol. The highest BCUT2D eigenvalue weighted by atomic mass is 32.2. The van der Waals surface area contributed by atoms with Gasteiger partial charge in [-0.3, -0.25) is 4.79 Å². The number of nitrogens with zero attached hydrogens (tertiary/aromatic N) is 1. The molecule has 0 unspecified atom stereocenters. The van der Waals surface area contributed by atoms with Crippen molar-refractivity contribution < 1.29 is 22.7 Å². The lowest BCUT2D eigenvalue weighted by Gasteiger charge is -2.16. The van der Waals surface area contributed by atoms with Crippen LogP contribution in [0.1, 0.15) is 5.56 Å². The molecule has 0 saturated heterocycles. The SMILES string of the molecule is COC(=O)CS(=O)(=O)N(C)COCc1ccccc1. The first kappa shape index (κ1) is 15.6. The van der Waals surface area contributed by atoms with Crippen molar-refractivity contribution in [1.29, 1.82) is 0 Å².